The van der Waals surface area contributed by atoms with Crippen LogP contribution in [0.4, 0.5) is 5.69 Å². The number of fused-ring (bicyclic) bond motifs is 1. The van der Waals surface area contributed by atoms with Gasteiger partial charge in [0.1, 0.15) is 17.1 Å². The molecule has 0 saturated carbocycles. The van der Waals surface area contributed by atoms with Crippen LogP contribution in [0.3, 0.4) is 0 Å². The van der Waals surface area contributed by atoms with Crippen LogP contribution >= 0.6 is 11.3 Å². The number of aromatic nitrogens is 2. The van der Waals surface area contributed by atoms with Crippen molar-refractivity contribution >= 4 is 39.1 Å². The number of thiophene rings is 1. The summed E-state index contributed by atoms with van der Waals surface area (Å²) in [5.41, 5.74) is 0.383. The van der Waals surface area contributed by atoms with E-state index < -0.39 is 5.91 Å². The summed E-state index contributed by atoms with van der Waals surface area (Å²) in [6, 6.07) is 11.8. The molecule has 1 aromatic carbocycles. The summed E-state index contributed by atoms with van der Waals surface area (Å²) in [6.07, 6.45) is 2.88. The van der Waals surface area contributed by atoms with Crippen molar-refractivity contribution in [3.63, 3.8) is 0 Å². The van der Waals surface area contributed by atoms with Crippen LogP contribution in [0.5, 0.6) is 0 Å². The lowest BCUT2D eigenvalue weighted by Gasteiger charge is -2.11. The third-order valence-electron chi connectivity index (χ3n) is 4.21. The molecular formula is C20H16N4O4S. The summed E-state index contributed by atoms with van der Waals surface area (Å²) < 4.78 is 6.43. The Morgan fingerprint density at radius 1 is 1.14 bits per heavy atom. The summed E-state index contributed by atoms with van der Waals surface area (Å²) in [4.78, 5) is 42.2. The molecule has 29 heavy (non-hydrogen) atoms. The smallest absolute Gasteiger partial charge is 0.262 e. The summed E-state index contributed by atoms with van der Waals surface area (Å²) >= 11 is 1.36. The van der Waals surface area contributed by atoms with Crippen LogP contribution in [0.2, 0.25) is 0 Å². The Morgan fingerprint density at radius 3 is 2.83 bits per heavy atom. The molecule has 3 aromatic heterocycles. The lowest BCUT2D eigenvalue weighted by Crippen LogP contribution is -2.29. The number of benzene rings is 1. The quantitative estimate of drug-likeness (QED) is 0.510. The van der Waals surface area contributed by atoms with Crippen molar-refractivity contribution in [1.82, 2.24) is 14.9 Å². The van der Waals surface area contributed by atoms with Gasteiger partial charge in [-0.1, -0.05) is 12.1 Å². The van der Waals surface area contributed by atoms with Gasteiger partial charge in [-0.25, -0.2) is 4.98 Å². The van der Waals surface area contributed by atoms with Gasteiger partial charge in [-0.3, -0.25) is 19.0 Å². The molecule has 3 heterocycles. The molecule has 2 N–H and O–H groups in total. The number of para-hydroxylation sites is 1. The van der Waals surface area contributed by atoms with Crippen molar-refractivity contribution in [2.45, 2.75) is 13.1 Å². The Labute approximate surface area is 168 Å². The number of carbonyl (C=O) groups excluding carboxylic acids is 2. The van der Waals surface area contributed by atoms with Gasteiger partial charge in [-0.2, -0.15) is 0 Å². The van der Waals surface area contributed by atoms with E-state index in [9.17, 15) is 14.4 Å². The molecule has 0 aliphatic heterocycles. The number of amides is 2. The molecule has 0 atom stereocenters. The van der Waals surface area contributed by atoms with E-state index in [4.69, 9.17) is 4.42 Å². The zero-order valence-electron chi connectivity index (χ0n) is 15.1. The van der Waals surface area contributed by atoms with Crippen LogP contribution in [-0.2, 0) is 17.9 Å². The third-order valence-corrected chi connectivity index (χ3v) is 5.03. The highest BCUT2D eigenvalue weighted by Crippen LogP contribution is 2.16. The van der Waals surface area contributed by atoms with Crippen LogP contribution in [0.25, 0.3) is 10.2 Å². The van der Waals surface area contributed by atoms with Gasteiger partial charge in [0.05, 0.1) is 35.8 Å². The second-order valence-electron chi connectivity index (χ2n) is 6.17. The number of rotatable bonds is 6. The fourth-order valence-electron chi connectivity index (χ4n) is 2.82. The average molecular weight is 408 g/mol. The first-order valence-electron chi connectivity index (χ1n) is 8.74. The molecular weight excluding hydrogens is 392 g/mol. The van der Waals surface area contributed by atoms with Crippen molar-refractivity contribution in [2.24, 2.45) is 0 Å². The summed E-state index contributed by atoms with van der Waals surface area (Å²) in [6.45, 7) is 0.0236. The Kier molecular flexibility index (Phi) is 5.21. The van der Waals surface area contributed by atoms with Gasteiger partial charge in [0.2, 0.25) is 5.91 Å². The topological polar surface area (TPSA) is 106 Å². The molecule has 0 unspecified atom stereocenters. The van der Waals surface area contributed by atoms with Crippen molar-refractivity contribution in [1.29, 1.82) is 0 Å². The number of nitrogens with one attached hydrogen (secondary N) is 2. The van der Waals surface area contributed by atoms with Crippen LogP contribution < -0.4 is 16.2 Å². The second-order valence-corrected chi connectivity index (χ2v) is 7.07. The van der Waals surface area contributed by atoms with Crippen molar-refractivity contribution < 1.29 is 14.0 Å². The molecule has 0 radical (unpaired) electrons. The molecule has 0 bridgehead atoms. The van der Waals surface area contributed by atoms with E-state index in [1.54, 1.807) is 47.8 Å². The van der Waals surface area contributed by atoms with E-state index >= 15 is 0 Å². The lowest BCUT2D eigenvalue weighted by molar-refractivity contribution is -0.116. The number of anilines is 1. The Hall–Kier alpha value is -3.72. The first-order chi connectivity index (χ1) is 14.1. The van der Waals surface area contributed by atoms with E-state index in [2.05, 4.69) is 15.6 Å². The Balaban J connectivity index is 1.47. The number of nitrogens with zero attached hydrogens (tertiary/aromatic N) is 2. The average Bonchev–Trinajstić information content (AvgIpc) is 3.41. The van der Waals surface area contributed by atoms with Crippen LogP contribution in [0.15, 0.2) is 69.6 Å². The van der Waals surface area contributed by atoms with E-state index in [0.29, 0.717) is 27.2 Å². The van der Waals surface area contributed by atoms with Crippen molar-refractivity contribution in [3.8, 4) is 0 Å². The van der Waals surface area contributed by atoms with Gasteiger partial charge in [0.15, 0.2) is 0 Å². The Morgan fingerprint density at radius 2 is 2.00 bits per heavy atom. The van der Waals surface area contributed by atoms with E-state index in [1.165, 1.54) is 28.5 Å². The van der Waals surface area contributed by atoms with E-state index in [0.717, 1.165) is 0 Å². The second kappa shape index (κ2) is 8.11. The highest BCUT2D eigenvalue weighted by atomic mass is 32.1. The van der Waals surface area contributed by atoms with Gasteiger partial charge >= 0.3 is 0 Å². The molecule has 0 saturated heterocycles. The fraction of sp³-hybridized carbons (Fsp3) is 0.100. The molecule has 2 amide bonds. The highest BCUT2D eigenvalue weighted by Gasteiger charge is 2.14. The van der Waals surface area contributed by atoms with Gasteiger partial charge in [0.25, 0.3) is 11.5 Å². The summed E-state index contributed by atoms with van der Waals surface area (Å²) in [5.74, 6) is -0.166. The molecule has 0 aliphatic carbocycles. The number of furan rings is 1. The van der Waals surface area contributed by atoms with Crippen molar-refractivity contribution in [2.75, 3.05) is 5.32 Å². The third kappa shape index (κ3) is 4.09. The minimum absolute atomic E-state index is 0.208. The normalized spacial score (nSPS) is 10.8. The van der Waals surface area contributed by atoms with Gasteiger partial charge in [-0.05, 0) is 35.7 Å². The summed E-state index contributed by atoms with van der Waals surface area (Å²) in [7, 11) is 0. The standard InChI is InChI=1S/C20H16N4O4S/c25-17(11-24-12-22-19-15(20(24)27)7-9-29-19)23-16-6-2-1-5-14(16)18(26)21-10-13-4-3-8-28-13/h1-9,12H,10-11H2,(H,21,26)(H,23,25). The van der Waals surface area contributed by atoms with Gasteiger partial charge < -0.3 is 15.1 Å². The predicted molar refractivity (Wildman–Crippen MR) is 109 cm³/mol. The number of hydrogen-bond acceptors (Lipinski definition) is 6. The first-order valence-corrected chi connectivity index (χ1v) is 9.62. The van der Waals surface area contributed by atoms with Crippen LogP contribution in [-0.4, -0.2) is 21.4 Å². The number of hydrogen-bond donors (Lipinski definition) is 2. The fourth-order valence-corrected chi connectivity index (χ4v) is 3.54. The molecule has 146 valence electrons. The van der Waals surface area contributed by atoms with Crippen LogP contribution in [0.1, 0.15) is 16.1 Å². The maximum Gasteiger partial charge on any atom is 0.262 e. The van der Waals surface area contributed by atoms with Crippen LogP contribution in [0, 0.1) is 0 Å². The monoisotopic (exact) mass is 408 g/mol. The van der Waals surface area contributed by atoms with Gasteiger partial charge in [0, 0.05) is 0 Å². The molecule has 4 rings (SSSR count). The maximum atomic E-state index is 12.5. The minimum atomic E-state index is -0.435. The lowest BCUT2D eigenvalue weighted by atomic mass is 10.1. The SMILES string of the molecule is O=C(Cn1cnc2sccc2c1=O)Nc1ccccc1C(=O)NCc1ccco1. The molecule has 0 fully saturated rings. The van der Waals surface area contributed by atoms with Gasteiger partial charge in [-0.15, -0.1) is 11.3 Å². The van der Waals surface area contributed by atoms with E-state index in [1.807, 2.05) is 0 Å². The largest absolute Gasteiger partial charge is 0.467 e. The zero-order chi connectivity index (χ0) is 20.2. The molecule has 9 heteroatoms. The molecule has 4 aromatic rings. The maximum absolute atomic E-state index is 12.5. The van der Waals surface area contributed by atoms with Crippen molar-refractivity contribution in [3.05, 3.63) is 82.1 Å². The number of carbonyl (C=O) groups is 2. The molecule has 0 aliphatic rings. The predicted octanol–water partition coefficient (Wildman–Crippen LogP) is 2.62. The molecule has 0 spiro atoms. The Bertz CT molecular complexity index is 1230. The van der Waals surface area contributed by atoms with E-state index in [-0.39, 0.29) is 24.6 Å². The summed E-state index contributed by atoms with van der Waals surface area (Å²) in [5, 5.41) is 7.69. The highest BCUT2D eigenvalue weighted by molar-refractivity contribution is 7.16. The minimum Gasteiger partial charge on any atom is -0.467 e. The first kappa shape index (κ1) is 18.6. The zero-order valence-corrected chi connectivity index (χ0v) is 15.9. The molecule has 8 nitrogen and oxygen atoms in total.